The minimum Gasteiger partial charge on any atom is -0.497 e. The Kier molecular flexibility index (Phi) is 2.70. The molecule has 1 rings (SSSR count). The summed E-state index contributed by atoms with van der Waals surface area (Å²) in [4.78, 5) is 0.675. The highest BCUT2D eigenvalue weighted by atomic mass is 32.1. The number of anilines is 1. The second-order valence-corrected chi connectivity index (χ2v) is 2.75. The quantitative estimate of drug-likeness (QED) is 0.543. The van der Waals surface area contributed by atoms with Gasteiger partial charge in [0.05, 0.1) is 24.8 Å². The second kappa shape index (κ2) is 3.58. The first-order chi connectivity index (χ1) is 5.69. The highest BCUT2D eigenvalue weighted by Crippen LogP contribution is 2.33. The van der Waals surface area contributed by atoms with Crippen LogP contribution in [0, 0.1) is 0 Å². The maximum absolute atomic E-state index is 5.65. The van der Waals surface area contributed by atoms with Crippen LogP contribution in [0.25, 0.3) is 0 Å². The van der Waals surface area contributed by atoms with Gasteiger partial charge in [-0.3, -0.25) is 0 Å². The zero-order valence-corrected chi connectivity index (χ0v) is 7.89. The number of hydrogen-bond acceptors (Lipinski definition) is 4. The second-order valence-electron chi connectivity index (χ2n) is 2.27. The van der Waals surface area contributed by atoms with Crippen molar-refractivity contribution in [2.24, 2.45) is 0 Å². The van der Waals surface area contributed by atoms with Crippen LogP contribution in [0.1, 0.15) is 0 Å². The van der Waals surface area contributed by atoms with Crippen LogP contribution in [0.4, 0.5) is 5.69 Å². The normalized spacial score (nSPS) is 9.58. The number of thiol groups is 1. The highest BCUT2D eigenvalue weighted by molar-refractivity contribution is 7.80. The van der Waals surface area contributed by atoms with E-state index in [4.69, 9.17) is 15.2 Å². The smallest absolute Gasteiger partial charge is 0.155 e. The van der Waals surface area contributed by atoms with E-state index in [0.717, 1.165) is 0 Å². The summed E-state index contributed by atoms with van der Waals surface area (Å²) in [6, 6.07) is 3.44. The van der Waals surface area contributed by atoms with Gasteiger partial charge in [-0.2, -0.15) is 0 Å². The van der Waals surface area contributed by atoms with E-state index in [9.17, 15) is 0 Å². The lowest BCUT2D eigenvalue weighted by molar-refractivity contribution is 0.396. The van der Waals surface area contributed by atoms with Gasteiger partial charge in [0.25, 0.3) is 0 Å². The SMILES string of the molecule is COc1cc(N)c(OC)c(S)c1. The van der Waals surface area contributed by atoms with Crippen molar-refractivity contribution in [3.8, 4) is 11.5 Å². The van der Waals surface area contributed by atoms with Crippen LogP contribution in [0.5, 0.6) is 11.5 Å². The van der Waals surface area contributed by atoms with Gasteiger partial charge in [0.2, 0.25) is 0 Å². The fraction of sp³-hybridized carbons (Fsp3) is 0.250. The summed E-state index contributed by atoms with van der Waals surface area (Å²) in [5, 5.41) is 0. The summed E-state index contributed by atoms with van der Waals surface area (Å²) >= 11 is 4.19. The topological polar surface area (TPSA) is 44.5 Å². The largest absolute Gasteiger partial charge is 0.497 e. The Labute approximate surface area is 76.9 Å². The van der Waals surface area contributed by atoms with E-state index in [1.807, 2.05) is 0 Å². The van der Waals surface area contributed by atoms with Gasteiger partial charge < -0.3 is 15.2 Å². The fourth-order valence-electron chi connectivity index (χ4n) is 0.949. The van der Waals surface area contributed by atoms with E-state index >= 15 is 0 Å². The van der Waals surface area contributed by atoms with Crippen LogP contribution < -0.4 is 15.2 Å². The highest BCUT2D eigenvalue weighted by Gasteiger charge is 2.05. The van der Waals surface area contributed by atoms with Crippen LogP contribution >= 0.6 is 12.6 Å². The van der Waals surface area contributed by atoms with Crippen LogP contribution in [0.15, 0.2) is 17.0 Å². The lowest BCUT2D eigenvalue weighted by Crippen LogP contribution is -1.94. The first kappa shape index (κ1) is 9.06. The van der Waals surface area contributed by atoms with Gasteiger partial charge >= 0.3 is 0 Å². The van der Waals surface area contributed by atoms with Crippen molar-refractivity contribution in [1.82, 2.24) is 0 Å². The van der Waals surface area contributed by atoms with Crippen molar-refractivity contribution >= 4 is 18.3 Å². The first-order valence-corrected chi connectivity index (χ1v) is 3.84. The monoisotopic (exact) mass is 185 g/mol. The summed E-state index contributed by atoms with van der Waals surface area (Å²) in [6.07, 6.45) is 0. The third kappa shape index (κ3) is 1.58. The van der Waals surface area contributed by atoms with E-state index in [1.165, 1.54) is 0 Å². The van der Waals surface area contributed by atoms with Gasteiger partial charge in [0.1, 0.15) is 5.75 Å². The average molecular weight is 185 g/mol. The Morgan fingerprint density at radius 2 is 1.92 bits per heavy atom. The molecule has 1 aromatic carbocycles. The van der Waals surface area contributed by atoms with Gasteiger partial charge in [0.15, 0.2) is 5.75 Å². The third-order valence-corrected chi connectivity index (χ3v) is 1.84. The molecule has 12 heavy (non-hydrogen) atoms. The summed E-state index contributed by atoms with van der Waals surface area (Å²) < 4.78 is 10.0. The molecule has 0 aliphatic carbocycles. The average Bonchev–Trinajstić information content (AvgIpc) is 2.03. The lowest BCUT2D eigenvalue weighted by atomic mass is 10.3. The van der Waals surface area contributed by atoms with Crippen molar-refractivity contribution in [1.29, 1.82) is 0 Å². The molecule has 0 amide bonds. The Bertz CT molecular complexity index is 265. The first-order valence-electron chi connectivity index (χ1n) is 3.39. The van der Waals surface area contributed by atoms with Gasteiger partial charge in [-0.05, 0) is 6.07 Å². The van der Waals surface area contributed by atoms with Crippen molar-refractivity contribution in [3.05, 3.63) is 12.1 Å². The molecule has 1 aromatic rings. The Morgan fingerprint density at radius 3 is 2.33 bits per heavy atom. The zero-order valence-electron chi connectivity index (χ0n) is 7.00. The molecule has 0 bridgehead atoms. The molecule has 0 saturated heterocycles. The summed E-state index contributed by atoms with van der Waals surface area (Å²) in [6.45, 7) is 0. The molecule has 0 unspecified atom stereocenters. The van der Waals surface area contributed by atoms with Crippen LogP contribution in [0.2, 0.25) is 0 Å². The van der Waals surface area contributed by atoms with Crippen LogP contribution in [-0.2, 0) is 0 Å². The molecule has 0 saturated carbocycles. The Morgan fingerprint density at radius 1 is 1.25 bits per heavy atom. The molecule has 0 heterocycles. The van der Waals surface area contributed by atoms with Crippen LogP contribution in [0.3, 0.4) is 0 Å². The number of hydrogen-bond donors (Lipinski definition) is 2. The third-order valence-electron chi connectivity index (χ3n) is 1.51. The molecular weight excluding hydrogens is 174 g/mol. The minimum atomic E-state index is 0.529. The molecule has 3 nitrogen and oxygen atoms in total. The number of benzene rings is 1. The molecule has 0 aliphatic rings. The summed E-state index contributed by atoms with van der Waals surface area (Å²) in [7, 11) is 3.13. The van der Waals surface area contributed by atoms with Gasteiger partial charge in [0, 0.05) is 6.07 Å². The predicted molar refractivity (Wildman–Crippen MR) is 51.2 cm³/mol. The van der Waals surface area contributed by atoms with Crippen molar-refractivity contribution in [2.45, 2.75) is 4.90 Å². The molecule has 0 aromatic heterocycles. The van der Waals surface area contributed by atoms with Crippen LogP contribution in [-0.4, -0.2) is 14.2 Å². The molecule has 66 valence electrons. The van der Waals surface area contributed by atoms with Crippen molar-refractivity contribution in [3.63, 3.8) is 0 Å². The molecular formula is C8H11NO2S. The number of nitrogens with two attached hydrogens (primary N) is 1. The number of methoxy groups -OCH3 is 2. The van der Waals surface area contributed by atoms with Gasteiger partial charge in [-0.25, -0.2) is 0 Å². The minimum absolute atomic E-state index is 0.529. The summed E-state index contributed by atoms with van der Waals surface area (Å²) in [5.41, 5.74) is 6.18. The molecule has 0 fully saturated rings. The van der Waals surface area contributed by atoms with E-state index in [2.05, 4.69) is 12.6 Å². The fourth-order valence-corrected chi connectivity index (χ4v) is 1.30. The molecule has 4 heteroatoms. The standard InChI is InChI=1S/C8H11NO2S/c1-10-5-3-6(9)8(11-2)7(12)4-5/h3-4,12H,9H2,1-2H3. The number of ether oxygens (including phenoxy) is 2. The predicted octanol–water partition coefficient (Wildman–Crippen LogP) is 1.57. The van der Waals surface area contributed by atoms with Gasteiger partial charge in [-0.15, -0.1) is 12.6 Å². The van der Waals surface area contributed by atoms with E-state index in [-0.39, 0.29) is 0 Å². The molecule has 0 radical (unpaired) electrons. The van der Waals surface area contributed by atoms with E-state index in [0.29, 0.717) is 22.1 Å². The van der Waals surface area contributed by atoms with E-state index < -0.39 is 0 Å². The lowest BCUT2D eigenvalue weighted by Gasteiger charge is -2.09. The molecule has 2 N–H and O–H groups in total. The zero-order chi connectivity index (χ0) is 9.14. The number of rotatable bonds is 2. The maximum atomic E-state index is 5.65. The molecule has 0 aliphatic heterocycles. The van der Waals surface area contributed by atoms with Crippen molar-refractivity contribution in [2.75, 3.05) is 20.0 Å². The Hall–Kier alpha value is -1.03. The maximum Gasteiger partial charge on any atom is 0.155 e. The van der Waals surface area contributed by atoms with E-state index in [1.54, 1.807) is 26.4 Å². The Balaban J connectivity index is 3.18. The molecule has 0 atom stereocenters. The number of nitrogen functional groups attached to an aromatic ring is 1. The van der Waals surface area contributed by atoms with Gasteiger partial charge in [-0.1, -0.05) is 0 Å². The summed E-state index contributed by atoms with van der Waals surface area (Å²) in [5.74, 6) is 1.26. The molecule has 0 spiro atoms. The van der Waals surface area contributed by atoms with Crippen molar-refractivity contribution < 1.29 is 9.47 Å².